The highest BCUT2D eigenvalue weighted by Gasteiger charge is 2.60. The van der Waals surface area contributed by atoms with Gasteiger partial charge >= 0.3 is 36.6 Å². The SMILES string of the molecule is CCC(C)(C(=O)OCC(F)(F)F)C(F)(F)F.CCC(C)(C)C(=O)OC(C(F)(F)F)C(F)(F)F. The third kappa shape index (κ3) is 10.7. The van der Waals surface area contributed by atoms with Crippen LogP contribution in [0.1, 0.15) is 47.5 Å². The first-order valence-electron chi connectivity index (χ1n) is 8.91. The maximum Gasteiger partial charge on any atom is 0.434 e. The highest BCUT2D eigenvalue weighted by Crippen LogP contribution is 2.42. The van der Waals surface area contributed by atoms with Crippen molar-refractivity contribution in [2.45, 2.75) is 78.3 Å². The van der Waals surface area contributed by atoms with Gasteiger partial charge in [0.05, 0.1) is 5.41 Å². The van der Waals surface area contributed by atoms with E-state index in [4.69, 9.17) is 0 Å². The van der Waals surface area contributed by atoms with E-state index < -0.39 is 66.6 Å². The molecule has 0 saturated carbocycles. The van der Waals surface area contributed by atoms with Crippen LogP contribution in [-0.4, -0.2) is 49.4 Å². The van der Waals surface area contributed by atoms with Gasteiger partial charge < -0.3 is 9.47 Å². The Morgan fingerprint density at radius 3 is 1.33 bits per heavy atom. The molecule has 16 heteroatoms. The molecule has 0 spiro atoms. The first kappa shape index (κ1) is 33.3. The zero-order valence-electron chi connectivity index (χ0n) is 17.9. The van der Waals surface area contributed by atoms with Crippen molar-refractivity contribution < 1.29 is 71.7 Å². The van der Waals surface area contributed by atoms with Crippen molar-refractivity contribution in [1.29, 1.82) is 0 Å². The summed E-state index contributed by atoms with van der Waals surface area (Å²) in [7, 11) is 0. The monoisotopic (exact) mass is 518 g/mol. The minimum absolute atomic E-state index is 0.0638. The molecule has 0 saturated heterocycles. The number of carbonyl (C=O) groups is 2. The number of hydrogen-bond acceptors (Lipinski definition) is 4. The van der Waals surface area contributed by atoms with Crippen LogP contribution < -0.4 is 0 Å². The average Bonchev–Trinajstić information content (AvgIpc) is 2.59. The van der Waals surface area contributed by atoms with Crippen LogP contribution in [0.15, 0.2) is 0 Å². The molecule has 0 rings (SSSR count). The van der Waals surface area contributed by atoms with E-state index in [2.05, 4.69) is 9.47 Å². The Morgan fingerprint density at radius 1 is 0.697 bits per heavy atom. The van der Waals surface area contributed by atoms with Gasteiger partial charge in [-0.05, 0) is 33.6 Å². The van der Waals surface area contributed by atoms with E-state index >= 15 is 0 Å². The molecule has 0 aromatic rings. The summed E-state index contributed by atoms with van der Waals surface area (Å²) in [6.07, 6.45) is -25.8. The molecular formula is C17H22F12O4. The quantitative estimate of drug-likeness (QED) is 0.297. The Labute approximate surface area is 180 Å². The molecule has 0 N–H and O–H groups in total. The van der Waals surface area contributed by atoms with Crippen LogP contribution in [0.25, 0.3) is 0 Å². The lowest BCUT2D eigenvalue weighted by atomic mass is 9.87. The van der Waals surface area contributed by atoms with E-state index in [9.17, 15) is 62.3 Å². The normalized spacial score (nSPS) is 15.3. The van der Waals surface area contributed by atoms with Crippen molar-refractivity contribution in [3.05, 3.63) is 0 Å². The summed E-state index contributed by atoms with van der Waals surface area (Å²) >= 11 is 0. The number of carbonyl (C=O) groups excluding carboxylic acids is 2. The van der Waals surface area contributed by atoms with Gasteiger partial charge in [0.15, 0.2) is 12.0 Å². The summed E-state index contributed by atoms with van der Waals surface area (Å²) in [6, 6.07) is 0. The van der Waals surface area contributed by atoms with Gasteiger partial charge in [0, 0.05) is 0 Å². The van der Waals surface area contributed by atoms with Crippen molar-refractivity contribution in [2.24, 2.45) is 10.8 Å². The Hall–Kier alpha value is -1.90. The lowest BCUT2D eigenvalue weighted by Crippen LogP contribution is -2.47. The smallest absolute Gasteiger partial charge is 0.434 e. The first-order valence-corrected chi connectivity index (χ1v) is 8.91. The van der Waals surface area contributed by atoms with Crippen LogP contribution in [0.2, 0.25) is 0 Å². The van der Waals surface area contributed by atoms with Crippen molar-refractivity contribution in [3.8, 4) is 0 Å². The molecule has 198 valence electrons. The predicted molar refractivity (Wildman–Crippen MR) is 87.5 cm³/mol. The molecule has 4 nitrogen and oxygen atoms in total. The van der Waals surface area contributed by atoms with Crippen molar-refractivity contribution in [2.75, 3.05) is 6.61 Å². The molecule has 0 aromatic carbocycles. The van der Waals surface area contributed by atoms with E-state index in [1.54, 1.807) is 0 Å². The third-order valence-electron chi connectivity index (χ3n) is 4.41. The maximum absolute atomic E-state index is 12.4. The Bertz CT molecular complexity index is 632. The van der Waals surface area contributed by atoms with Gasteiger partial charge in [-0.25, -0.2) is 0 Å². The second-order valence-electron chi connectivity index (χ2n) is 7.48. The summed E-state index contributed by atoms with van der Waals surface area (Å²) in [6.45, 7) is 3.40. The van der Waals surface area contributed by atoms with Crippen LogP contribution in [-0.2, 0) is 19.1 Å². The standard InChI is InChI=1S/C9H12F6O2.C8H10F6O2/c1-4-7(2,3)6(16)17-5(8(10,11)12)9(13,14)15;1-3-6(2,8(12,13)14)5(15)16-4-7(9,10)11/h5H,4H2,1-3H3;3-4H2,1-2H3. The van der Waals surface area contributed by atoms with Gasteiger partial charge in [-0.3, -0.25) is 9.59 Å². The molecule has 33 heavy (non-hydrogen) atoms. The van der Waals surface area contributed by atoms with E-state index in [-0.39, 0.29) is 6.42 Å². The Balaban J connectivity index is 0. The fourth-order valence-corrected chi connectivity index (χ4v) is 1.50. The minimum atomic E-state index is -5.67. The van der Waals surface area contributed by atoms with Crippen molar-refractivity contribution in [3.63, 3.8) is 0 Å². The highest BCUT2D eigenvalue weighted by molar-refractivity contribution is 5.77. The van der Waals surface area contributed by atoms with E-state index in [0.29, 0.717) is 6.92 Å². The molecule has 0 aliphatic carbocycles. The number of alkyl halides is 12. The highest BCUT2D eigenvalue weighted by atomic mass is 19.4. The van der Waals surface area contributed by atoms with Gasteiger partial charge in [0.2, 0.25) is 0 Å². The molecule has 1 unspecified atom stereocenters. The largest absolute Gasteiger partial charge is 0.455 e. The van der Waals surface area contributed by atoms with E-state index in [1.165, 1.54) is 20.8 Å². The molecule has 0 radical (unpaired) electrons. The molecule has 0 aromatic heterocycles. The number of ether oxygens (including phenoxy) is 2. The maximum atomic E-state index is 12.4. The van der Waals surface area contributed by atoms with Crippen LogP contribution in [0, 0.1) is 10.8 Å². The van der Waals surface area contributed by atoms with Crippen LogP contribution in [0.3, 0.4) is 0 Å². The van der Waals surface area contributed by atoms with Crippen molar-refractivity contribution in [1.82, 2.24) is 0 Å². The molecule has 0 aliphatic rings. The molecule has 0 amide bonds. The number of esters is 2. The van der Waals surface area contributed by atoms with Gasteiger partial charge in [-0.2, -0.15) is 52.7 Å². The lowest BCUT2D eigenvalue weighted by Gasteiger charge is -2.28. The topological polar surface area (TPSA) is 52.6 Å². The third-order valence-corrected chi connectivity index (χ3v) is 4.41. The first-order chi connectivity index (χ1) is 14.3. The molecule has 0 bridgehead atoms. The van der Waals surface area contributed by atoms with Crippen LogP contribution in [0.5, 0.6) is 0 Å². The lowest BCUT2D eigenvalue weighted by molar-refractivity contribution is -0.315. The molecule has 1 atom stereocenters. The molecule has 0 heterocycles. The summed E-state index contributed by atoms with van der Waals surface area (Å²) in [4.78, 5) is 22.1. The summed E-state index contributed by atoms with van der Waals surface area (Å²) < 4.78 is 152. The molecule has 0 fully saturated rings. The Kier molecular flexibility index (Phi) is 11.1. The van der Waals surface area contributed by atoms with Gasteiger partial charge in [-0.15, -0.1) is 0 Å². The fraction of sp³-hybridized carbons (Fsp3) is 0.882. The average molecular weight is 518 g/mol. The number of halogens is 12. The molecule has 0 aliphatic heterocycles. The molecular weight excluding hydrogens is 496 g/mol. The second-order valence-corrected chi connectivity index (χ2v) is 7.48. The minimum Gasteiger partial charge on any atom is -0.455 e. The summed E-state index contributed by atoms with van der Waals surface area (Å²) in [5.41, 5.74) is -4.30. The van der Waals surface area contributed by atoms with Gasteiger partial charge in [-0.1, -0.05) is 13.8 Å². The Morgan fingerprint density at radius 2 is 1.09 bits per heavy atom. The zero-order chi connectivity index (χ0) is 27.3. The fourth-order valence-electron chi connectivity index (χ4n) is 1.50. The van der Waals surface area contributed by atoms with Crippen molar-refractivity contribution >= 4 is 11.9 Å². The second kappa shape index (κ2) is 11.0. The summed E-state index contributed by atoms with van der Waals surface area (Å²) in [5.74, 6) is -3.44. The predicted octanol–water partition coefficient (Wildman–Crippen LogP) is 6.53. The van der Waals surface area contributed by atoms with Gasteiger partial charge in [0.25, 0.3) is 6.10 Å². The van der Waals surface area contributed by atoms with Crippen LogP contribution >= 0.6 is 0 Å². The van der Waals surface area contributed by atoms with Crippen LogP contribution in [0.4, 0.5) is 52.7 Å². The van der Waals surface area contributed by atoms with E-state index in [0.717, 1.165) is 6.92 Å². The van der Waals surface area contributed by atoms with E-state index in [1.807, 2.05) is 0 Å². The summed E-state index contributed by atoms with van der Waals surface area (Å²) in [5, 5.41) is 0. The zero-order valence-corrected chi connectivity index (χ0v) is 17.9. The number of hydrogen-bond donors (Lipinski definition) is 0. The van der Waals surface area contributed by atoms with Gasteiger partial charge in [0.1, 0.15) is 0 Å². The number of rotatable bonds is 6.